The molecule has 0 aromatic heterocycles. The smallest absolute Gasteiger partial charge is 0.246 e. The topological polar surface area (TPSA) is 40.6 Å². The fraction of sp³-hybridized carbons (Fsp3) is 0.360. The zero-order valence-electron chi connectivity index (χ0n) is 17.6. The van der Waals surface area contributed by atoms with E-state index in [9.17, 15) is 9.59 Å². The van der Waals surface area contributed by atoms with Crippen LogP contribution in [0.2, 0.25) is 0 Å². The third-order valence-electron chi connectivity index (χ3n) is 5.66. The van der Waals surface area contributed by atoms with Crippen molar-refractivity contribution < 1.29 is 9.59 Å². The lowest BCUT2D eigenvalue weighted by molar-refractivity contribution is -0.138. The minimum atomic E-state index is -0.00657. The van der Waals surface area contributed by atoms with Gasteiger partial charge in [-0.15, -0.1) is 0 Å². The largest absolute Gasteiger partial charge is 0.341 e. The third-order valence-corrected chi connectivity index (χ3v) is 5.66. The summed E-state index contributed by atoms with van der Waals surface area (Å²) in [6, 6.07) is 16.2. The van der Waals surface area contributed by atoms with Gasteiger partial charge in [-0.05, 0) is 49.5 Å². The molecule has 1 aliphatic heterocycles. The summed E-state index contributed by atoms with van der Waals surface area (Å²) in [5.74, 6) is 0.188. The van der Waals surface area contributed by atoms with Gasteiger partial charge in [-0.25, -0.2) is 0 Å². The molecule has 0 atom stereocenters. The molecule has 0 bridgehead atoms. The van der Waals surface area contributed by atoms with Crippen molar-refractivity contribution in [3.05, 3.63) is 76.9 Å². The number of piperidine rings is 1. The van der Waals surface area contributed by atoms with Crippen LogP contribution in [0.25, 0.3) is 6.08 Å². The average molecular weight is 391 g/mol. The van der Waals surface area contributed by atoms with Crippen molar-refractivity contribution in [1.82, 2.24) is 9.80 Å². The molecule has 1 aliphatic rings. The molecule has 2 aromatic rings. The summed E-state index contributed by atoms with van der Waals surface area (Å²) in [4.78, 5) is 29.0. The number of amides is 2. The van der Waals surface area contributed by atoms with Crippen LogP contribution in [0.3, 0.4) is 0 Å². The molecule has 2 amide bonds. The van der Waals surface area contributed by atoms with E-state index in [1.54, 1.807) is 6.08 Å². The number of likely N-dealkylation sites (tertiary alicyclic amines) is 1. The van der Waals surface area contributed by atoms with Crippen molar-refractivity contribution in [3.63, 3.8) is 0 Å². The number of carbonyl (C=O) groups excluding carboxylic acids is 2. The fourth-order valence-electron chi connectivity index (χ4n) is 3.85. The molecule has 0 spiro atoms. The SMILES string of the molecule is Cc1ccc(CN(C)C(=O)C2CCN(C(=O)/C=C/c3ccccc3)CC2)c(C)c1. The molecule has 4 heteroatoms. The highest BCUT2D eigenvalue weighted by atomic mass is 16.2. The van der Waals surface area contributed by atoms with Crippen LogP contribution in [0.15, 0.2) is 54.6 Å². The van der Waals surface area contributed by atoms with Crippen LogP contribution in [0.1, 0.15) is 35.1 Å². The molecule has 0 N–H and O–H groups in total. The summed E-state index contributed by atoms with van der Waals surface area (Å²) < 4.78 is 0. The number of rotatable bonds is 5. The van der Waals surface area contributed by atoms with Crippen LogP contribution in [-0.4, -0.2) is 41.8 Å². The summed E-state index contributed by atoms with van der Waals surface area (Å²) in [5, 5.41) is 0. The van der Waals surface area contributed by atoms with E-state index in [1.165, 1.54) is 16.7 Å². The Morgan fingerprint density at radius 1 is 1.07 bits per heavy atom. The summed E-state index contributed by atoms with van der Waals surface area (Å²) >= 11 is 0. The highest BCUT2D eigenvalue weighted by Crippen LogP contribution is 2.21. The maximum atomic E-state index is 12.9. The van der Waals surface area contributed by atoms with Gasteiger partial charge in [-0.3, -0.25) is 9.59 Å². The Bertz CT molecular complexity index is 881. The maximum absolute atomic E-state index is 12.9. The van der Waals surface area contributed by atoms with E-state index >= 15 is 0 Å². The average Bonchev–Trinajstić information content (AvgIpc) is 2.74. The van der Waals surface area contributed by atoms with Gasteiger partial charge in [0, 0.05) is 38.7 Å². The van der Waals surface area contributed by atoms with Crippen LogP contribution in [0, 0.1) is 19.8 Å². The van der Waals surface area contributed by atoms with Gasteiger partial charge in [0.15, 0.2) is 0 Å². The van der Waals surface area contributed by atoms with E-state index in [1.807, 2.05) is 53.3 Å². The van der Waals surface area contributed by atoms with Gasteiger partial charge >= 0.3 is 0 Å². The van der Waals surface area contributed by atoms with Crippen LogP contribution >= 0.6 is 0 Å². The summed E-state index contributed by atoms with van der Waals surface area (Å²) in [6.07, 6.45) is 4.92. The Labute approximate surface area is 173 Å². The molecule has 2 aromatic carbocycles. The molecule has 0 unspecified atom stereocenters. The van der Waals surface area contributed by atoms with E-state index in [-0.39, 0.29) is 17.7 Å². The standard InChI is InChI=1S/C25H30N2O2/c1-19-9-11-23(20(2)17-19)18-26(3)25(29)22-13-15-27(16-14-22)24(28)12-10-21-7-5-4-6-8-21/h4-12,17,22H,13-16,18H2,1-3H3/b12-10+. The van der Waals surface area contributed by atoms with Gasteiger partial charge in [0.25, 0.3) is 0 Å². The van der Waals surface area contributed by atoms with Crippen molar-refractivity contribution >= 4 is 17.9 Å². The minimum absolute atomic E-state index is 0.00657. The molecule has 3 rings (SSSR count). The fourth-order valence-corrected chi connectivity index (χ4v) is 3.85. The zero-order valence-corrected chi connectivity index (χ0v) is 17.6. The van der Waals surface area contributed by atoms with Gasteiger partial charge in [-0.2, -0.15) is 0 Å². The van der Waals surface area contributed by atoms with Gasteiger partial charge in [0.1, 0.15) is 0 Å². The molecule has 4 nitrogen and oxygen atoms in total. The lowest BCUT2D eigenvalue weighted by Crippen LogP contribution is -2.42. The number of benzene rings is 2. The maximum Gasteiger partial charge on any atom is 0.246 e. The second kappa shape index (κ2) is 9.55. The van der Waals surface area contributed by atoms with Gasteiger partial charge in [0.05, 0.1) is 0 Å². The van der Waals surface area contributed by atoms with Gasteiger partial charge in [-0.1, -0.05) is 54.1 Å². The Balaban J connectivity index is 1.51. The quantitative estimate of drug-likeness (QED) is 0.718. The van der Waals surface area contributed by atoms with Gasteiger partial charge < -0.3 is 9.80 Å². The number of aryl methyl sites for hydroxylation is 2. The normalized spacial score (nSPS) is 14.9. The first-order valence-electron chi connectivity index (χ1n) is 10.3. The molecule has 152 valence electrons. The second-order valence-electron chi connectivity index (χ2n) is 7.97. The number of hydrogen-bond acceptors (Lipinski definition) is 2. The molecule has 1 fully saturated rings. The van der Waals surface area contributed by atoms with E-state index < -0.39 is 0 Å². The van der Waals surface area contributed by atoms with Crippen molar-refractivity contribution in [2.75, 3.05) is 20.1 Å². The lowest BCUT2D eigenvalue weighted by atomic mass is 9.95. The summed E-state index contributed by atoms with van der Waals surface area (Å²) in [6.45, 7) is 6.06. The molecule has 0 radical (unpaired) electrons. The van der Waals surface area contributed by atoms with Crippen molar-refractivity contribution in [2.24, 2.45) is 5.92 Å². The van der Waals surface area contributed by atoms with Gasteiger partial charge in [0.2, 0.25) is 11.8 Å². The Morgan fingerprint density at radius 2 is 1.76 bits per heavy atom. The van der Waals surface area contributed by atoms with Crippen LogP contribution in [-0.2, 0) is 16.1 Å². The lowest BCUT2D eigenvalue weighted by Gasteiger charge is -2.33. The zero-order chi connectivity index (χ0) is 20.8. The first-order chi connectivity index (χ1) is 13.9. The van der Waals surface area contributed by atoms with E-state index in [4.69, 9.17) is 0 Å². The van der Waals surface area contributed by atoms with E-state index in [0.29, 0.717) is 19.6 Å². The first kappa shape index (κ1) is 20.8. The predicted octanol–water partition coefficient (Wildman–Crippen LogP) is 4.21. The number of hydrogen-bond donors (Lipinski definition) is 0. The highest BCUT2D eigenvalue weighted by molar-refractivity contribution is 5.92. The summed E-state index contributed by atoms with van der Waals surface area (Å²) in [7, 11) is 1.88. The first-order valence-corrected chi connectivity index (χ1v) is 10.3. The van der Waals surface area contributed by atoms with Crippen molar-refractivity contribution in [2.45, 2.75) is 33.2 Å². The minimum Gasteiger partial charge on any atom is -0.341 e. The Kier molecular flexibility index (Phi) is 6.86. The molecule has 1 saturated heterocycles. The number of nitrogens with zero attached hydrogens (tertiary/aromatic N) is 2. The van der Waals surface area contributed by atoms with Crippen LogP contribution in [0.5, 0.6) is 0 Å². The van der Waals surface area contributed by atoms with E-state index in [2.05, 4.69) is 32.0 Å². The van der Waals surface area contributed by atoms with E-state index in [0.717, 1.165) is 18.4 Å². The molecule has 0 saturated carbocycles. The Hall–Kier alpha value is -2.88. The molecular weight excluding hydrogens is 360 g/mol. The monoisotopic (exact) mass is 390 g/mol. The number of carbonyl (C=O) groups is 2. The Morgan fingerprint density at radius 3 is 2.41 bits per heavy atom. The van der Waals surface area contributed by atoms with Crippen molar-refractivity contribution in [1.29, 1.82) is 0 Å². The van der Waals surface area contributed by atoms with Crippen molar-refractivity contribution in [3.8, 4) is 0 Å². The molecule has 0 aliphatic carbocycles. The highest BCUT2D eigenvalue weighted by Gasteiger charge is 2.28. The second-order valence-corrected chi connectivity index (χ2v) is 7.97. The van der Waals surface area contributed by atoms with Crippen LogP contribution in [0.4, 0.5) is 0 Å². The summed E-state index contributed by atoms with van der Waals surface area (Å²) in [5.41, 5.74) is 4.65. The van der Waals surface area contributed by atoms with Crippen LogP contribution < -0.4 is 0 Å². The molecular formula is C25H30N2O2. The predicted molar refractivity (Wildman–Crippen MR) is 117 cm³/mol. The third kappa shape index (κ3) is 5.57. The molecule has 1 heterocycles. The molecule has 29 heavy (non-hydrogen) atoms.